The third-order valence-corrected chi connectivity index (χ3v) is 4.93. The molecule has 2 aromatic carbocycles. The zero-order chi connectivity index (χ0) is 19.7. The van der Waals surface area contributed by atoms with Crippen LogP contribution >= 0.6 is 0 Å². The number of fused-ring (bicyclic) bond motifs is 1. The maximum atomic E-state index is 10.1. The molecule has 1 aromatic heterocycles. The van der Waals surface area contributed by atoms with Crippen molar-refractivity contribution in [1.29, 1.82) is 0 Å². The van der Waals surface area contributed by atoms with Crippen LogP contribution in [0.15, 0.2) is 60.9 Å². The normalized spacial score (nSPS) is 27.6. The van der Waals surface area contributed by atoms with Gasteiger partial charge in [0.1, 0.15) is 30.2 Å². The predicted octanol–water partition coefficient (Wildman–Crippen LogP) is 1.08. The highest BCUT2D eigenvalue weighted by molar-refractivity contribution is 5.86. The molecule has 146 valence electrons. The number of hydrogen-bond acceptors (Lipinski definition) is 7. The maximum absolute atomic E-state index is 10.1. The van der Waals surface area contributed by atoms with Crippen LogP contribution in [0.1, 0.15) is 0 Å². The zero-order valence-electron chi connectivity index (χ0n) is 14.9. The van der Waals surface area contributed by atoms with E-state index in [2.05, 4.69) is 11.1 Å². The first kappa shape index (κ1) is 18.8. The molecule has 3 aromatic rings. The summed E-state index contributed by atoms with van der Waals surface area (Å²) in [6, 6.07) is 15.3. The Labute approximate surface area is 161 Å². The van der Waals surface area contributed by atoms with Gasteiger partial charge in [-0.05, 0) is 40.8 Å². The fraction of sp³-hybridized carbons (Fsp3) is 0.286. The van der Waals surface area contributed by atoms with Crippen LogP contribution in [0.3, 0.4) is 0 Å². The number of rotatable bonds is 4. The lowest BCUT2D eigenvalue weighted by molar-refractivity contribution is -0.277. The highest BCUT2D eigenvalue weighted by Gasteiger charge is 2.44. The summed E-state index contributed by atoms with van der Waals surface area (Å²) in [7, 11) is 0. The fourth-order valence-electron chi connectivity index (χ4n) is 3.29. The molecular formula is C21H21NO6. The van der Waals surface area contributed by atoms with Crippen LogP contribution in [0.2, 0.25) is 0 Å². The first-order valence-electron chi connectivity index (χ1n) is 8.98. The number of aliphatic hydroxyl groups excluding tert-OH is 4. The van der Waals surface area contributed by atoms with Crippen molar-refractivity contribution >= 4 is 10.8 Å². The molecule has 0 amide bonds. The highest BCUT2D eigenvalue weighted by Crippen LogP contribution is 2.28. The smallest absolute Gasteiger partial charge is 0.229 e. The highest BCUT2D eigenvalue weighted by atomic mass is 16.7. The maximum Gasteiger partial charge on any atom is 0.229 e. The largest absolute Gasteiger partial charge is 0.462 e. The number of benzene rings is 2. The van der Waals surface area contributed by atoms with Gasteiger partial charge < -0.3 is 29.9 Å². The first-order chi connectivity index (χ1) is 13.6. The lowest BCUT2D eigenvalue weighted by Crippen LogP contribution is -2.60. The molecule has 2 heterocycles. The number of hydrogen-bond donors (Lipinski definition) is 4. The summed E-state index contributed by atoms with van der Waals surface area (Å²) < 4.78 is 11.0. The molecule has 5 atom stereocenters. The second-order valence-corrected chi connectivity index (χ2v) is 6.78. The molecule has 0 saturated carbocycles. The number of nitrogens with zero attached hydrogens (tertiary/aromatic N) is 1. The molecule has 1 aliphatic rings. The zero-order valence-corrected chi connectivity index (χ0v) is 14.9. The number of aliphatic hydroxyl groups is 4. The monoisotopic (exact) mass is 383 g/mol. The van der Waals surface area contributed by atoms with E-state index in [-0.39, 0.29) is 0 Å². The third kappa shape index (κ3) is 3.58. The summed E-state index contributed by atoms with van der Waals surface area (Å²) in [5.74, 6) is 0.426. The van der Waals surface area contributed by atoms with E-state index in [4.69, 9.17) is 9.47 Å². The number of pyridine rings is 1. The molecule has 7 nitrogen and oxygen atoms in total. The van der Waals surface area contributed by atoms with Gasteiger partial charge in [-0.2, -0.15) is 0 Å². The van der Waals surface area contributed by atoms with Crippen LogP contribution in [-0.4, -0.2) is 62.7 Å². The molecule has 1 aliphatic heterocycles. The lowest BCUT2D eigenvalue weighted by atomic mass is 9.99. The second kappa shape index (κ2) is 7.83. The van der Waals surface area contributed by atoms with Gasteiger partial charge in [0.05, 0.1) is 6.61 Å². The molecule has 0 radical (unpaired) electrons. The first-order valence-corrected chi connectivity index (χ1v) is 8.98. The van der Waals surface area contributed by atoms with Crippen molar-refractivity contribution in [3.63, 3.8) is 0 Å². The van der Waals surface area contributed by atoms with E-state index in [0.29, 0.717) is 5.75 Å². The van der Waals surface area contributed by atoms with Crippen LogP contribution in [0.25, 0.3) is 21.9 Å². The summed E-state index contributed by atoms with van der Waals surface area (Å²) >= 11 is 0. The molecule has 1 unspecified atom stereocenters. The van der Waals surface area contributed by atoms with Gasteiger partial charge in [-0.1, -0.05) is 24.3 Å². The van der Waals surface area contributed by atoms with Gasteiger partial charge in [0, 0.05) is 17.8 Å². The number of ether oxygens (including phenoxy) is 2. The van der Waals surface area contributed by atoms with E-state index < -0.39 is 37.3 Å². The second-order valence-electron chi connectivity index (χ2n) is 6.78. The van der Waals surface area contributed by atoms with Gasteiger partial charge in [-0.15, -0.1) is 0 Å². The molecule has 0 spiro atoms. The van der Waals surface area contributed by atoms with Gasteiger partial charge >= 0.3 is 0 Å². The Hall–Kier alpha value is -2.55. The average molecular weight is 383 g/mol. The van der Waals surface area contributed by atoms with Crippen molar-refractivity contribution in [2.45, 2.75) is 30.7 Å². The Morgan fingerprint density at radius 1 is 0.857 bits per heavy atom. The van der Waals surface area contributed by atoms with E-state index in [1.54, 1.807) is 18.3 Å². The van der Waals surface area contributed by atoms with E-state index in [1.165, 1.54) is 0 Å². The minimum Gasteiger partial charge on any atom is -0.462 e. The topological polar surface area (TPSA) is 112 Å². The SMILES string of the molecule is OC[C@@H]1OC(Oc2ccc(-c3ccc4ccncc4c3)cc2)[C@H](O)[C@@H](O)[C@@H]1O. The Balaban J connectivity index is 1.51. The van der Waals surface area contributed by atoms with Crippen molar-refractivity contribution in [2.24, 2.45) is 0 Å². The Bertz CT molecular complexity index is 945. The summed E-state index contributed by atoms with van der Waals surface area (Å²) in [6.07, 6.45) is -2.96. The molecule has 1 fully saturated rings. The van der Waals surface area contributed by atoms with E-state index >= 15 is 0 Å². The Morgan fingerprint density at radius 2 is 1.61 bits per heavy atom. The lowest BCUT2D eigenvalue weighted by Gasteiger charge is -2.39. The van der Waals surface area contributed by atoms with Gasteiger partial charge in [0.15, 0.2) is 0 Å². The van der Waals surface area contributed by atoms with Crippen molar-refractivity contribution < 1.29 is 29.9 Å². The molecule has 0 bridgehead atoms. The van der Waals surface area contributed by atoms with Crippen LogP contribution in [-0.2, 0) is 4.74 Å². The van der Waals surface area contributed by atoms with Gasteiger partial charge in [-0.3, -0.25) is 4.98 Å². The summed E-state index contributed by atoms with van der Waals surface area (Å²) in [5.41, 5.74) is 2.01. The van der Waals surface area contributed by atoms with Crippen LogP contribution in [0.4, 0.5) is 0 Å². The van der Waals surface area contributed by atoms with Crippen LogP contribution in [0.5, 0.6) is 5.75 Å². The Morgan fingerprint density at radius 3 is 2.36 bits per heavy atom. The molecule has 4 N–H and O–H groups in total. The van der Waals surface area contributed by atoms with Crippen molar-refractivity contribution in [1.82, 2.24) is 4.98 Å². The molecule has 1 saturated heterocycles. The quantitative estimate of drug-likeness (QED) is 0.533. The standard InChI is InChI=1S/C21H21NO6/c23-11-17-18(24)19(25)20(26)21(28-17)27-16-5-3-12(4-6-16)14-2-1-13-7-8-22-10-15(13)9-14/h1-10,17-21,23-26H,11H2/t17-,18+,19-,20+,21?/m0/s1. The van der Waals surface area contributed by atoms with E-state index in [1.807, 2.05) is 36.5 Å². The third-order valence-electron chi connectivity index (χ3n) is 4.93. The van der Waals surface area contributed by atoms with Crippen LogP contribution in [0, 0.1) is 0 Å². The average Bonchev–Trinajstić information content (AvgIpc) is 2.74. The van der Waals surface area contributed by atoms with Gasteiger partial charge in [-0.25, -0.2) is 0 Å². The van der Waals surface area contributed by atoms with Crippen molar-refractivity contribution in [3.05, 3.63) is 60.9 Å². The van der Waals surface area contributed by atoms with Crippen molar-refractivity contribution in [3.8, 4) is 16.9 Å². The van der Waals surface area contributed by atoms with Gasteiger partial charge in [0.25, 0.3) is 0 Å². The summed E-state index contributed by atoms with van der Waals surface area (Å²) in [5, 5.41) is 41.1. The molecule has 28 heavy (non-hydrogen) atoms. The molecule has 4 rings (SSSR count). The van der Waals surface area contributed by atoms with Crippen LogP contribution < -0.4 is 4.74 Å². The Kier molecular flexibility index (Phi) is 5.25. The molecule has 7 heteroatoms. The van der Waals surface area contributed by atoms with E-state index in [9.17, 15) is 20.4 Å². The summed E-state index contributed by atoms with van der Waals surface area (Å²) in [4.78, 5) is 4.14. The minimum absolute atomic E-state index is 0.426. The van der Waals surface area contributed by atoms with E-state index in [0.717, 1.165) is 21.9 Å². The molecular weight excluding hydrogens is 362 g/mol. The van der Waals surface area contributed by atoms with Crippen molar-refractivity contribution in [2.75, 3.05) is 6.61 Å². The predicted molar refractivity (Wildman–Crippen MR) is 102 cm³/mol. The van der Waals surface area contributed by atoms with Gasteiger partial charge in [0.2, 0.25) is 6.29 Å². The minimum atomic E-state index is -1.47. The summed E-state index contributed by atoms with van der Waals surface area (Å²) in [6.45, 7) is -0.499. The number of aromatic nitrogens is 1. The fourth-order valence-corrected chi connectivity index (χ4v) is 3.29. The molecule has 0 aliphatic carbocycles.